The van der Waals surface area contributed by atoms with E-state index in [4.69, 9.17) is 0 Å². The Balaban J connectivity index is 2.06. The topological polar surface area (TPSA) is 49.8 Å². The van der Waals surface area contributed by atoms with E-state index in [9.17, 15) is 0 Å². The Kier molecular flexibility index (Phi) is 5.62. The van der Waals surface area contributed by atoms with Crippen molar-refractivity contribution in [2.75, 3.05) is 23.7 Å². The smallest absolute Gasteiger partial charge is 0.134 e. The average Bonchev–Trinajstić information content (AvgIpc) is 3.25. The van der Waals surface area contributed by atoms with E-state index >= 15 is 0 Å². The molecule has 112 valence electrons. The third kappa shape index (κ3) is 4.36. The van der Waals surface area contributed by atoms with Crippen LogP contribution in [-0.2, 0) is 6.42 Å². The van der Waals surface area contributed by atoms with E-state index in [1.165, 1.54) is 19.3 Å². The summed E-state index contributed by atoms with van der Waals surface area (Å²) in [4.78, 5) is 9.34. The summed E-state index contributed by atoms with van der Waals surface area (Å²) in [5.41, 5.74) is 1.15. The van der Waals surface area contributed by atoms with Gasteiger partial charge >= 0.3 is 0 Å². The average molecular weight is 276 g/mol. The van der Waals surface area contributed by atoms with Crippen LogP contribution in [0.4, 0.5) is 11.6 Å². The van der Waals surface area contributed by atoms with Crippen molar-refractivity contribution >= 4 is 11.6 Å². The van der Waals surface area contributed by atoms with Crippen LogP contribution in [0.25, 0.3) is 0 Å². The normalized spacial score (nSPS) is 14.3. The van der Waals surface area contributed by atoms with Gasteiger partial charge in [0, 0.05) is 25.1 Å². The van der Waals surface area contributed by atoms with Gasteiger partial charge < -0.3 is 10.6 Å². The van der Waals surface area contributed by atoms with Crippen molar-refractivity contribution in [2.45, 2.75) is 59.3 Å². The first-order chi connectivity index (χ1) is 9.74. The molecule has 1 fully saturated rings. The molecule has 0 radical (unpaired) electrons. The quantitative estimate of drug-likeness (QED) is 0.721. The van der Waals surface area contributed by atoms with Crippen molar-refractivity contribution < 1.29 is 0 Å². The van der Waals surface area contributed by atoms with Crippen LogP contribution in [0, 0.1) is 12.8 Å². The number of nitrogens with zero attached hydrogens (tertiary/aromatic N) is 2. The molecular formula is C16H28N4. The van der Waals surface area contributed by atoms with Crippen LogP contribution in [0.2, 0.25) is 0 Å². The minimum absolute atomic E-state index is 0.943. The van der Waals surface area contributed by atoms with Gasteiger partial charge in [0.15, 0.2) is 0 Å². The van der Waals surface area contributed by atoms with Gasteiger partial charge in [-0.15, -0.1) is 0 Å². The first-order valence-electron chi connectivity index (χ1n) is 8.09. The van der Waals surface area contributed by atoms with Gasteiger partial charge in [0.1, 0.15) is 17.5 Å². The molecule has 1 aliphatic rings. The largest absolute Gasteiger partial charge is 0.370 e. The molecule has 0 atom stereocenters. The van der Waals surface area contributed by atoms with Gasteiger partial charge in [-0.1, -0.05) is 26.7 Å². The third-order valence-electron chi connectivity index (χ3n) is 3.75. The zero-order valence-corrected chi connectivity index (χ0v) is 13.1. The first-order valence-corrected chi connectivity index (χ1v) is 8.09. The molecule has 0 aromatic carbocycles. The molecule has 20 heavy (non-hydrogen) atoms. The Hall–Kier alpha value is -1.32. The predicted octanol–water partition coefficient (Wildman–Crippen LogP) is 3.77. The van der Waals surface area contributed by atoms with Gasteiger partial charge in [-0.2, -0.15) is 0 Å². The molecule has 0 spiro atoms. The molecule has 1 saturated carbocycles. The van der Waals surface area contributed by atoms with Gasteiger partial charge in [0.05, 0.1) is 0 Å². The van der Waals surface area contributed by atoms with Gasteiger partial charge in [0.25, 0.3) is 0 Å². The van der Waals surface area contributed by atoms with Crippen molar-refractivity contribution in [3.8, 4) is 0 Å². The zero-order chi connectivity index (χ0) is 14.4. The molecule has 1 heterocycles. The second kappa shape index (κ2) is 7.46. The van der Waals surface area contributed by atoms with Crippen LogP contribution in [0.3, 0.4) is 0 Å². The standard InChI is InChI=1S/C16H28N4/c1-4-6-14-19-15(17-10-5-2)12(3)16(20-14)18-11-9-13-7-8-13/h13H,4-11H2,1-3H3,(H2,17,18,19,20). The molecule has 0 amide bonds. The van der Waals surface area contributed by atoms with E-state index in [1.807, 2.05) is 0 Å². The highest BCUT2D eigenvalue weighted by atomic mass is 15.1. The van der Waals surface area contributed by atoms with Crippen molar-refractivity contribution in [1.82, 2.24) is 9.97 Å². The molecule has 1 aliphatic carbocycles. The Morgan fingerprint density at radius 3 is 2.20 bits per heavy atom. The fourth-order valence-corrected chi connectivity index (χ4v) is 2.29. The number of rotatable bonds is 9. The van der Waals surface area contributed by atoms with Gasteiger partial charge in [-0.3, -0.25) is 0 Å². The van der Waals surface area contributed by atoms with E-state index in [2.05, 4.69) is 41.4 Å². The number of hydrogen-bond donors (Lipinski definition) is 2. The molecule has 0 unspecified atom stereocenters. The molecule has 2 rings (SSSR count). The molecule has 1 aromatic rings. The monoisotopic (exact) mass is 276 g/mol. The van der Waals surface area contributed by atoms with Gasteiger partial charge in [-0.05, 0) is 32.1 Å². The Morgan fingerprint density at radius 1 is 1.00 bits per heavy atom. The van der Waals surface area contributed by atoms with Crippen LogP contribution in [0.1, 0.15) is 57.3 Å². The minimum atomic E-state index is 0.943. The molecule has 0 saturated heterocycles. The highest BCUT2D eigenvalue weighted by Crippen LogP contribution is 2.32. The molecule has 2 N–H and O–H groups in total. The number of nitrogens with one attached hydrogen (secondary N) is 2. The van der Waals surface area contributed by atoms with E-state index in [-0.39, 0.29) is 0 Å². The van der Waals surface area contributed by atoms with Crippen LogP contribution in [0.15, 0.2) is 0 Å². The van der Waals surface area contributed by atoms with Gasteiger partial charge in [0.2, 0.25) is 0 Å². The van der Waals surface area contributed by atoms with E-state index in [0.29, 0.717) is 0 Å². The summed E-state index contributed by atoms with van der Waals surface area (Å²) in [5.74, 6) is 3.92. The maximum Gasteiger partial charge on any atom is 0.134 e. The summed E-state index contributed by atoms with van der Waals surface area (Å²) in [6.45, 7) is 8.44. The maximum atomic E-state index is 4.69. The number of aryl methyl sites for hydroxylation is 1. The van der Waals surface area contributed by atoms with E-state index in [0.717, 1.165) is 61.3 Å². The summed E-state index contributed by atoms with van der Waals surface area (Å²) in [6, 6.07) is 0. The molecule has 4 nitrogen and oxygen atoms in total. The number of hydrogen-bond acceptors (Lipinski definition) is 4. The predicted molar refractivity (Wildman–Crippen MR) is 85.4 cm³/mol. The lowest BCUT2D eigenvalue weighted by molar-refractivity contribution is 0.754. The van der Waals surface area contributed by atoms with Crippen molar-refractivity contribution in [2.24, 2.45) is 5.92 Å². The SMILES string of the molecule is CCCNc1nc(CCC)nc(NCCC2CC2)c1C. The fraction of sp³-hybridized carbons (Fsp3) is 0.750. The highest BCUT2D eigenvalue weighted by molar-refractivity contribution is 5.57. The van der Waals surface area contributed by atoms with Crippen molar-refractivity contribution in [3.05, 3.63) is 11.4 Å². The molecular weight excluding hydrogens is 248 g/mol. The molecule has 1 aromatic heterocycles. The Morgan fingerprint density at radius 2 is 1.65 bits per heavy atom. The lowest BCUT2D eigenvalue weighted by Gasteiger charge is -2.15. The fourth-order valence-electron chi connectivity index (χ4n) is 2.29. The van der Waals surface area contributed by atoms with E-state index < -0.39 is 0 Å². The summed E-state index contributed by atoms with van der Waals surface area (Å²) in [7, 11) is 0. The highest BCUT2D eigenvalue weighted by Gasteiger charge is 2.20. The van der Waals surface area contributed by atoms with Crippen LogP contribution >= 0.6 is 0 Å². The zero-order valence-electron chi connectivity index (χ0n) is 13.1. The number of aromatic nitrogens is 2. The lowest BCUT2D eigenvalue weighted by Crippen LogP contribution is -2.12. The van der Waals surface area contributed by atoms with Crippen LogP contribution < -0.4 is 10.6 Å². The Labute approximate surface area is 122 Å². The first kappa shape index (κ1) is 15.1. The van der Waals surface area contributed by atoms with Crippen molar-refractivity contribution in [1.29, 1.82) is 0 Å². The minimum Gasteiger partial charge on any atom is -0.370 e. The second-order valence-electron chi connectivity index (χ2n) is 5.80. The summed E-state index contributed by atoms with van der Waals surface area (Å²) >= 11 is 0. The van der Waals surface area contributed by atoms with Crippen LogP contribution in [-0.4, -0.2) is 23.1 Å². The summed E-state index contributed by atoms with van der Waals surface area (Å²) in [5, 5.41) is 6.93. The van der Waals surface area contributed by atoms with Crippen molar-refractivity contribution in [3.63, 3.8) is 0 Å². The van der Waals surface area contributed by atoms with Gasteiger partial charge in [-0.25, -0.2) is 9.97 Å². The molecule has 4 heteroatoms. The summed E-state index contributed by atoms with van der Waals surface area (Å²) in [6.07, 6.45) is 7.22. The maximum absolute atomic E-state index is 4.69. The van der Waals surface area contributed by atoms with Crippen LogP contribution in [0.5, 0.6) is 0 Å². The summed E-state index contributed by atoms with van der Waals surface area (Å²) < 4.78 is 0. The molecule has 0 aliphatic heterocycles. The second-order valence-corrected chi connectivity index (χ2v) is 5.80. The molecule has 0 bridgehead atoms. The van der Waals surface area contributed by atoms with E-state index in [1.54, 1.807) is 0 Å². The Bertz CT molecular complexity index is 427. The third-order valence-corrected chi connectivity index (χ3v) is 3.75. The number of anilines is 2. The lowest BCUT2D eigenvalue weighted by atomic mass is 10.2.